The van der Waals surface area contributed by atoms with E-state index in [1.54, 1.807) is 0 Å². The molecule has 2 rings (SSSR count). The number of carbonyl (C=O) groups is 1. The molecule has 3 nitrogen and oxygen atoms in total. The predicted molar refractivity (Wildman–Crippen MR) is 64.9 cm³/mol. The molecule has 0 bridgehead atoms. The highest BCUT2D eigenvalue weighted by Gasteiger charge is 2.22. The van der Waals surface area contributed by atoms with Crippen molar-refractivity contribution in [2.75, 3.05) is 7.05 Å². The van der Waals surface area contributed by atoms with Crippen LogP contribution >= 0.6 is 0 Å². The van der Waals surface area contributed by atoms with Gasteiger partial charge in [0.15, 0.2) is 0 Å². The maximum atomic E-state index is 11.7. The van der Waals surface area contributed by atoms with E-state index in [0.717, 1.165) is 28.8 Å². The minimum Gasteiger partial charge on any atom is -0.388 e. The van der Waals surface area contributed by atoms with Gasteiger partial charge in [-0.15, -0.1) is 0 Å². The van der Waals surface area contributed by atoms with Crippen LogP contribution in [0.4, 0.5) is 0 Å². The first-order valence-corrected chi connectivity index (χ1v) is 5.56. The predicted octanol–water partition coefficient (Wildman–Crippen LogP) is 1.90. The Balaban J connectivity index is 2.54. The van der Waals surface area contributed by atoms with Gasteiger partial charge in [-0.3, -0.25) is 4.79 Å². The van der Waals surface area contributed by atoms with Gasteiger partial charge in [0.25, 0.3) is 5.91 Å². The van der Waals surface area contributed by atoms with Crippen molar-refractivity contribution >= 4 is 11.6 Å². The molecule has 0 unspecified atom stereocenters. The summed E-state index contributed by atoms with van der Waals surface area (Å²) >= 11 is 0. The van der Waals surface area contributed by atoms with Crippen LogP contribution in [0.1, 0.15) is 34.8 Å². The minimum atomic E-state index is 0.0304. The molecule has 1 aromatic carbocycles. The summed E-state index contributed by atoms with van der Waals surface area (Å²) in [5.74, 6) is 0.0304. The van der Waals surface area contributed by atoms with Gasteiger partial charge in [0, 0.05) is 24.9 Å². The highest BCUT2D eigenvalue weighted by Crippen LogP contribution is 2.24. The summed E-state index contributed by atoms with van der Waals surface area (Å²) in [6.45, 7) is 2.73. The zero-order valence-electron chi connectivity index (χ0n) is 9.63. The number of carbonyl (C=O) groups excluding carboxylic acids is 1. The minimum absolute atomic E-state index is 0.0304. The molecular formula is C13H16N2O. The quantitative estimate of drug-likeness (QED) is 0.810. The van der Waals surface area contributed by atoms with E-state index < -0.39 is 0 Å². The van der Waals surface area contributed by atoms with E-state index in [0.29, 0.717) is 6.54 Å². The topological polar surface area (TPSA) is 41.1 Å². The Kier molecular flexibility index (Phi) is 2.95. The van der Waals surface area contributed by atoms with Gasteiger partial charge in [-0.05, 0) is 12.0 Å². The van der Waals surface area contributed by atoms with Crippen molar-refractivity contribution in [3.05, 3.63) is 41.0 Å². The number of amides is 1. The lowest BCUT2D eigenvalue weighted by Gasteiger charge is -2.10. The van der Waals surface area contributed by atoms with Crippen LogP contribution in [-0.4, -0.2) is 13.0 Å². The first-order valence-electron chi connectivity index (χ1n) is 5.56. The van der Waals surface area contributed by atoms with E-state index >= 15 is 0 Å². The smallest absolute Gasteiger partial charge is 0.252 e. The Labute approximate surface area is 95.6 Å². The van der Waals surface area contributed by atoms with E-state index in [-0.39, 0.29) is 5.91 Å². The Morgan fingerprint density at radius 2 is 2.38 bits per heavy atom. The van der Waals surface area contributed by atoms with Crippen molar-refractivity contribution < 1.29 is 4.79 Å². The van der Waals surface area contributed by atoms with Gasteiger partial charge >= 0.3 is 0 Å². The van der Waals surface area contributed by atoms with E-state index in [4.69, 9.17) is 0 Å². The van der Waals surface area contributed by atoms with Crippen molar-refractivity contribution in [3.63, 3.8) is 0 Å². The number of fused-ring (bicyclic) bond motifs is 1. The molecule has 0 saturated carbocycles. The summed E-state index contributed by atoms with van der Waals surface area (Å²) in [7, 11) is 1.88. The molecule has 0 aromatic heterocycles. The number of rotatable bonds is 3. The van der Waals surface area contributed by atoms with Crippen LogP contribution in [0.2, 0.25) is 0 Å². The summed E-state index contributed by atoms with van der Waals surface area (Å²) in [4.78, 5) is 11.7. The molecule has 84 valence electrons. The molecule has 1 aliphatic heterocycles. The number of nitrogens with one attached hydrogen (secondary N) is 2. The Morgan fingerprint density at radius 1 is 1.56 bits per heavy atom. The third kappa shape index (κ3) is 1.69. The second-order valence-corrected chi connectivity index (χ2v) is 3.80. The van der Waals surface area contributed by atoms with E-state index in [1.807, 2.05) is 25.2 Å². The molecule has 1 aliphatic rings. The summed E-state index contributed by atoms with van der Waals surface area (Å²) in [6, 6.07) is 5.98. The van der Waals surface area contributed by atoms with Crippen molar-refractivity contribution in [1.29, 1.82) is 0 Å². The Hall–Kier alpha value is -1.77. The summed E-state index contributed by atoms with van der Waals surface area (Å²) in [5.41, 5.74) is 3.92. The fourth-order valence-corrected chi connectivity index (χ4v) is 2.05. The lowest BCUT2D eigenvalue weighted by atomic mass is 10.00. The molecular weight excluding hydrogens is 200 g/mol. The van der Waals surface area contributed by atoms with Gasteiger partial charge in [-0.2, -0.15) is 0 Å². The summed E-state index contributed by atoms with van der Waals surface area (Å²) < 4.78 is 0. The molecule has 0 atom stereocenters. The molecule has 0 aliphatic carbocycles. The van der Waals surface area contributed by atoms with Gasteiger partial charge in [0.1, 0.15) is 0 Å². The third-order valence-electron chi connectivity index (χ3n) is 2.78. The SMILES string of the molecule is CC/C=C(\NC)c1cccc2c1C(=O)NC2. The van der Waals surface area contributed by atoms with Gasteiger partial charge < -0.3 is 10.6 Å². The Morgan fingerprint density at radius 3 is 3.06 bits per heavy atom. The second-order valence-electron chi connectivity index (χ2n) is 3.80. The number of hydrogen-bond donors (Lipinski definition) is 2. The average Bonchev–Trinajstić information content (AvgIpc) is 2.68. The molecule has 0 radical (unpaired) electrons. The van der Waals surface area contributed by atoms with Crippen LogP contribution in [0.5, 0.6) is 0 Å². The number of hydrogen-bond acceptors (Lipinski definition) is 2. The average molecular weight is 216 g/mol. The number of allylic oxidation sites excluding steroid dienone is 1. The van der Waals surface area contributed by atoms with E-state index in [1.165, 1.54) is 0 Å². The van der Waals surface area contributed by atoms with Crippen molar-refractivity contribution in [2.24, 2.45) is 0 Å². The first kappa shape index (κ1) is 10.7. The van der Waals surface area contributed by atoms with Crippen LogP contribution in [0.15, 0.2) is 24.3 Å². The second kappa shape index (κ2) is 4.39. The summed E-state index contributed by atoms with van der Waals surface area (Å²) in [6.07, 6.45) is 3.04. The van der Waals surface area contributed by atoms with E-state index in [9.17, 15) is 4.79 Å². The molecule has 1 amide bonds. The fraction of sp³-hybridized carbons (Fsp3) is 0.308. The van der Waals surface area contributed by atoms with Crippen molar-refractivity contribution in [1.82, 2.24) is 10.6 Å². The fourth-order valence-electron chi connectivity index (χ4n) is 2.05. The van der Waals surface area contributed by atoms with Crippen molar-refractivity contribution in [3.8, 4) is 0 Å². The van der Waals surface area contributed by atoms with Crippen molar-refractivity contribution in [2.45, 2.75) is 19.9 Å². The maximum absolute atomic E-state index is 11.7. The maximum Gasteiger partial charge on any atom is 0.252 e. The molecule has 3 heteroatoms. The Bertz CT molecular complexity index is 449. The largest absolute Gasteiger partial charge is 0.388 e. The van der Waals surface area contributed by atoms with Crippen LogP contribution in [0.25, 0.3) is 5.70 Å². The molecule has 2 N–H and O–H groups in total. The monoisotopic (exact) mass is 216 g/mol. The summed E-state index contributed by atoms with van der Waals surface area (Å²) in [5, 5.41) is 6.00. The van der Waals surface area contributed by atoms with Crippen LogP contribution in [0.3, 0.4) is 0 Å². The molecule has 1 heterocycles. The zero-order valence-corrected chi connectivity index (χ0v) is 9.63. The molecule has 1 aromatic rings. The highest BCUT2D eigenvalue weighted by atomic mass is 16.1. The van der Waals surface area contributed by atoms with Gasteiger partial charge in [-0.25, -0.2) is 0 Å². The van der Waals surface area contributed by atoms with Crippen LogP contribution in [0, 0.1) is 0 Å². The lowest BCUT2D eigenvalue weighted by molar-refractivity contribution is 0.0965. The molecule has 0 saturated heterocycles. The normalized spacial score (nSPS) is 14.6. The lowest BCUT2D eigenvalue weighted by Crippen LogP contribution is -2.15. The molecule has 16 heavy (non-hydrogen) atoms. The highest BCUT2D eigenvalue weighted by molar-refractivity contribution is 6.02. The van der Waals surface area contributed by atoms with E-state index in [2.05, 4.69) is 23.6 Å². The first-order chi connectivity index (χ1) is 7.77. The standard InChI is InChI=1S/C13H16N2O/c1-3-5-11(14-2)10-7-4-6-9-8-15-13(16)12(9)10/h4-7,14H,3,8H2,1-2H3,(H,15,16)/b11-5-. The van der Waals surface area contributed by atoms with Gasteiger partial charge in [0.2, 0.25) is 0 Å². The van der Waals surface area contributed by atoms with Crippen LogP contribution < -0.4 is 10.6 Å². The van der Waals surface area contributed by atoms with Gasteiger partial charge in [-0.1, -0.05) is 31.2 Å². The number of benzene rings is 1. The molecule has 0 spiro atoms. The van der Waals surface area contributed by atoms with Crippen LogP contribution in [-0.2, 0) is 6.54 Å². The zero-order chi connectivity index (χ0) is 11.5. The third-order valence-corrected chi connectivity index (χ3v) is 2.78. The molecule has 0 fully saturated rings. The van der Waals surface area contributed by atoms with Gasteiger partial charge in [0.05, 0.1) is 5.56 Å².